The molecule has 0 spiro atoms. The van der Waals surface area contributed by atoms with Crippen LogP contribution in [0.4, 0.5) is 26.3 Å². The first-order valence-corrected chi connectivity index (χ1v) is 3.32. The molecule has 9 heteroatoms. The number of aldehydes is 1. The Bertz CT molecular complexity index is 248. The normalized spacial score (nSPS) is 14.5. The predicted molar refractivity (Wildman–Crippen MR) is 32.9 cm³/mol. The van der Waals surface area contributed by atoms with Crippen LogP contribution in [0.1, 0.15) is 0 Å². The Morgan fingerprint density at radius 3 is 2.07 bits per heavy atom. The van der Waals surface area contributed by atoms with Crippen LogP contribution in [0.5, 0.6) is 0 Å². The fraction of sp³-hybridized carbons (Fsp3) is 0.667. The van der Waals surface area contributed by atoms with Gasteiger partial charge in [0.1, 0.15) is 0 Å². The van der Waals surface area contributed by atoms with E-state index in [9.17, 15) is 35.9 Å². The van der Waals surface area contributed by atoms with Crippen molar-refractivity contribution in [3.63, 3.8) is 0 Å². The van der Waals surface area contributed by atoms with Crippen LogP contribution in [0, 0.1) is 0 Å². The van der Waals surface area contributed by atoms with E-state index in [-0.39, 0.29) is 0 Å². The lowest BCUT2D eigenvalue weighted by Crippen LogP contribution is -2.45. The minimum absolute atomic E-state index is 0.531. The van der Waals surface area contributed by atoms with Crippen molar-refractivity contribution in [2.75, 3.05) is 6.61 Å². The van der Waals surface area contributed by atoms with Crippen molar-refractivity contribution in [3.8, 4) is 0 Å². The third-order valence-electron chi connectivity index (χ3n) is 1.16. The standard InChI is InChI=1S/C6H4F6O3/c7-4(6(10,11)12)5(8,9)2-15-3(14)1-13/h1,4H,2H2. The largest absolute Gasteiger partial charge is 0.454 e. The Hall–Kier alpha value is -1.28. The Labute approximate surface area is 79.0 Å². The van der Waals surface area contributed by atoms with Gasteiger partial charge in [0, 0.05) is 0 Å². The molecule has 0 aromatic rings. The SMILES string of the molecule is O=CC(=O)OCC(F)(F)C(F)C(F)(F)F. The number of hydrogen-bond acceptors (Lipinski definition) is 3. The maximum Gasteiger partial charge on any atom is 0.425 e. The van der Waals surface area contributed by atoms with Gasteiger partial charge in [0.25, 0.3) is 6.17 Å². The Morgan fingerprint density at radius 1 is 1.27 bits per heavy atom. The van der Waals surface area contributed by atoms with Gasteiger partial charge in [0.2, 0.25) is 6.29 Å². The van der Waals surface area contributed by atoms with Gasteiger partial charge in [0.15, 0.2) is 6.61 Å². The molecule has 0 radical (unpaired) electrons. The predicted octanol–water partition coefficient (Wildman–Crippen LogP) is 1.26. The highest BCUT2D eigenvalue weighted by molar-refractivity contribution is 6.20. The third kappa shape index (κ3) is 4.17. The Kier molecular flexibility index (Phi) is 4.11. The summed E-state index contributed by atoms with van der Waals surface area (Å²) in [6.45, 7) is -2.15. The number of carbonyl (C=O) groups is 2. The highest BCUT2D eigenvalue weighted by atomic mass is 19.4. The van der Waals surface area contributed by atoms with Crippen molar-refractivity contribution in [3.05, 3.63) is 0 Å². The first kappa shape index (κ1) is 13.7. The number of alkyl halides is 6. The fourth-order valence-corrected chi connectivity index (χ4v) is 0.514. The van der Waals surface area contributed by atoms with Crippen molar-refractivity contribution in [1.82, 2.24) is 0 Å². The molecule has 0 aliphatic rings. The van der Waals surface area contributed by atoms with Crippen LogP contribution in [0.15, 0.2) is 0 Å². The van der Waals surface area contributed by atoms with Crippen LogP contribution in [0.2, 0.25) is 0 Å². The average molecular weight is 238 g/mol. The molecular weight excluding hydrogens is 234 g/mol. The molecule has 0 aliphatic heterocycles. The maximum atomic E-state index is 12.3. The van der Waals surface area contributed by atoms with Gasteiger partial charge < -0.3 is 4.74 Å². The smallest absolute Gasteiger partial charge is 0.425 e. The van der Waals surface area contributed by atoms with Crippen molar-refractivity contribution < 1.29 is 40.7 Å². The van der Waals surface area contributed by atoms with Crippen LogP contribution >= 0.6 is 0 Å². The number of rotatable bonds is 4. The summed E-state index contributed by atoms with van der Waals surface area (Å²) in [5, 5.41) is 0. The van der Waals surface area contributed by atoms with E-state index >= 15 is 0 Å². The summed E-state index contributed by atoms with van der Waals surface area (Å²) in [4.78, 5) is 19.6. The minimum Gasteiger partial charge on any atom is -0.454 e. The quantitative estimate of drug-likeness (QED) is 0.320. The molecule has 0 bridgehead atoms. The van der Waals surface area contributed by atoms with E-state index in [2.05, 4.69) is 4.74 Å². The van der Waals surface area contributed by atoms with Crippen LogP contribution in [-0.4, -0.2) is 37.1 Å². The van der Waals surface area contributed by atoms with E-state index in [1.807, 2.05) is 0 Å². The molecule has 0 aliphatic carbocycles. The van der Waals surface area contributed by atoms with Crippen molar-refractivity contribution in [2.45, 2.75) is 18.3 Å². The van der Waals surface area contributed by atoms with E-state index in [1.54, 1.807) is 0 Å². The summed E-state index contributed by atoms with van der Waals surface area (Å²) >= 11 is 0. The average Bonchev–Trinajstić information content (AvgIpc) is 2.11. The lowest BCUT2D eigenvalue weighted by atomic mass is 10.2. The van der Waals surface area contributed by atoms with E-state index in [4.69, 9.17) is 0 Å². The van der Waals surface area contributed by atoms with Crippen LogP contribution in [0.3, 0.4) is 0 Å². The number of ether oxygens (including phenoxy) is 1. The maximum absolute atomic E-state index is 12.3. The van der Waals surface area contributed by atoms with E-state index < -0.39 is 37.1 Å². The topological polar surface area (TPSA) is 43.4 Å². The molecule has 1 atom stereocenters. The second kappa shape index (κ2) is 4.49. The summed E-state index contributed by atoms with van der Waals surface area (Å²) in [5.41, 5.74) is 0. The number of hydrogen-bond donors (Lipinski definition) is 0. The summed E-state index contributed by atoms with van der Waals surface area (Å²) < 4.78 is 74.6. The van der Waals surface area contributed by atoms with Crippen molar-refractivity contribution >= 4 is 12.3 Å². The first-order chi connectivity index (χ1) is 6.61. The molecule has 0 aromatic heterocycles. The fourth-order valence-electron chi connectivity index (χ4n) is 0.514. The molecular formula is C6H4F6O3. The van der Waals surface area contributed by atoms with Crippen LogP contribution in [-0.2, 0) is 14.3 Å². The molecule has 0 heterocycles. The van der Waals surface area contributed by atoms with Gasteiger partial charge in [0.05, 0.1) is 0 Å². The van der Waals surface area contributed by atoms with Gasteiger partial charge in [-0.15, -0.1) is 0 Å². The van der Waals surface area contributed by atoms with Gasteiger partial charge >= 0.3 is 18.1 Å². The zero-order valence-corrected chi connectivity index (χ0v) is 6.85. The van der Waals surface area contributed by atoms with Crippen molar-refractivity contribution in [2.24, 2.45) is 0 Å². The summed E-state index contributed by atoms with van der Waals surface area (Å²) in [7, 11) is 0. The zero-order chi connectivity index (χ0) is 12.3. The number of halogens is 6. The summed E-state index contributed by atoms with van der Waals surface area (Å²) in [6.07, 6.45) is -10.8. The second-order valence-corrected chi connectivity index (χ2v) is 2.39. The van der Waals surface area contributed by atoms with Gasteiger partial charge in [-0.2, -0.15) is 22.0 Å². The van der Waals surface area contributed by atoms with E-state index in [0.717, 1.165) is 0 Å². The Morgan fingerprint density at radius 2 is 1.73 bits per heavy atom. The van der Waals surface area contributed by atoms with Gasteiger partial charge in [-0.1, -0.05) is 0 Å². The summed E-state index contributed by atoms with van der Waals surface area (Å²) in [5.74, 6) is -6.72. The van der Waals surface area contributed by atoms with Gasteiger partial charge in [-0.05, 0) is 0 Å². The van der Waals surface area contributed by atoms with Crippen LogP contribution < -0.4 is 0 Å². The molecule has 0 amide bonds. The molecule has 0 rings (SSSR count). The molecule has 15 heavy (non-hydrogen) atoms. The third-order valence-corrected chi connectivity index (χ3v) is 1.16. The molecule has 0 saturated carbocycles. The molecule has 0 N–H and O–H groups in total. The zero-order valence-electron chi connectivity index (χ0n) is 6.85. The lowest BCUT2D eigenvalue weighted by Gasteiger charge is -2.21. The molecule has 0 aromatic carbocycles. The Balaban J connectivity index is 4.41. The second-order valence-electron chi connectivity index (χ2n) is 2.39. The number of esters is 1. The first-order valence-electron chi connectivity index (χ1n) is 3.32. The van der Waals surface area contributed by atoms with E-state index in [1.165, 1.54) is 0 Å². The molecule has 0 fully saturated rings. The monoisotopic (exact) mass is 238 g/mol. The molecule has 3 nitrogen and oxygen atoms in total. The van der Waals surface area contributed by atoms with Crippen LogP contribution in [0.25, 0.3) is 0 Å². The van der Waals surface area contributed by atoms with Crippen molar-refractivity contribution in [1.29, 1.82) is 0 Å². The van der Waals surface area contributed by atoms with Gasteiger partial charge in [-0.3, -0.25) is 4.79 Å². The highest BCUT2D eigenvalue weighted by Gasteiger charge is 2.57. The molecule has 0 saturated heterocycles. The molecule has 1 unspecified atom stereocenters. The summed E-state index contributed by atoms with van der Waals surface area (Å²) in [6, 6.07) is 0. The van der Waals surface area contributed by atoms with E-state index in [0.29, 0.717) is 0 Å². The highest BCUT2D eigenvalue weighted by Crippen LogP contribution is 2.34. The van der Waals surface area contributed by atoms with Gasteiger partial charge in [-0.25, -0.2) is 9.18 Å². The molecule has 88 valence electrons. The minimum atomic E-state index is -5.77. The number of carbonyl (C=O) groups excluding carboxylic acids is 2. The lowest BCUT2D eigenvalue weighted by molar-refractivity contribution is -0.253.